The first kappa shape index (κ1) is 23.3. The van der Waals surface area contributed by atoms with Crippen molar-refractivity contribution < 1.29 is 0 Å². The predicted molar refractivity (Wildman–Crippen MR) is 137 cm³/mol. The summed E-state index contributed by atoms with van der Waals surface area (Å²) < 4.78 is 1.14. The Hall–Kier alpha value is -1.93. The van der Waals surface area contributed by atoms with Gasteiger partial charge in [-0.15, -0.1) is 5.54 Å². The molecule has 0 N–H and O–H groups in total. The average Bonchev–Trinajstić information content (AvgIpc) is 2.67. The molecule has 0 saturated heterocycles. The molecule has 0 unspecified atom stereocenters. The Kier molecular flexibility index (Phi) is 8.64. The molecular formula is C27H29ISi. The van der Waals surface area contributed by atoms with Crippen molar-refractivity contribution in [1.29, 1.82) is 0 Å². The van der Waals surface area contributed by atoms with Crippen LogP contribution in [0.2, 0.25) is 16.6 Å². The maximum Gasteiger partial charge on any atom is 0.146 e. The van der Waals surface area contributed by atoms with Crippen LogP contribution in [-0.2, 0) is 0 Å². The van der Waals surface area contributed by atoms with E-state index in [-0.39, 0.29) is 0 Å². The van der Waals surface area contributed by atoms with Crippen molar-refractivity contribution in [3.05, 3.63) is 68.8 Å². The maximum atomic E-state index is 3.80. The Bertz CT molecular complexity index is 1010. The monoisotopic (exact) mass is 508 g/mol. The summed E-state index contributed by atoms with van der Waals surface area (Å²) in [6.45, 7) is 14.0. The Morgan fingerprint density at radius 2 is 1.03 bits per heavy atom. The standard InChI is InChI=1S/C27H29ISi/c1-21(2)29(22(3)4,23(5)6)20-19-25-15-8-7-13-24(25)14-9-10-16-26-17-11-12-18-27(26)28/h7-8,11-13,15,17-18,21-23H,1-6H3. The topological polar surface area (TPSA) is 0 Å². The molecule has 0 bridgehead atoms. The van der Waals surface area contributed by atoms with E-state index in [1.54, 1.807) is 0 Å². The van der Waals surface area contributed by atoms with E-state index in [4.69, 9.17) is 0 Å². The minimum absolute atomic E-state index is 0.618. The number of benzene rings is 2. The molecule has 29 heavy (non-hydrogen) atoms. The van der Waals surface area contributed by atoms with Crippen LogP contribution >= 0.6 is 22.6 Å². The number of halogens is 1. The molecule has 148 valence electrons. The maximum absolute atomic E-state index is 3.80. The third kappa shape index (κ3) is 5.79. The zero-order valence-corrected chi connectivity index (χ0v) is 21.4. The lowest BCUT2D eigenvalue weighted by Crippen LogP contribution is -2.43. The van der Waals surface area contributed by atoms with E-state index in [0.29, 0.717) is 16.6 Å². The van der Waals surface area contributed by atoms with Gasteiger partial charge in [0.05, 0.1) is 0 Å². The lowest BCUT2D eigenvalue weighted by molar-refractivity contribution is 0.838. The van der Waals surface area contributed by atoms with E-state index < -0.39 is 8.07 Å². The first-order valence-corrected chi connectivity index (χ1v) is 13.5. The number of hydrogen-bond acceptors (Lipinski definition) is 0. The number of rotatable bonds is 3. The van der Waals surface area contributed by atoms with Gasteiger partial charge in [-0.1, -0.05) is 83.6 Å². The van der Waals surface area contributed by atoms with Crippen molar-refractivity contribution in [3.63, 3.8) is 0 Å². The van der Waals surface area contributed by atoms with Crippen LogP contribution in [0, 0.1) is 38.7 Å². The van der Waals surface area contributed by atoms with E-state index >= 15 is 0 Å². The van der Waals surface area contributed by atoms with Gasteiger partial charge in [0.2, 0.25) is 0 Å². The minimum atomic E-state index is -1.76. The fourth-order valence-corrected chi connectivity index (χ4v) is 9.81. The summed E-state index contributed by atoms with van der Waals surface area (Å²) in [4.78, 5) is 0. The van der Waals surface area contributed by atoms with Crippen LogP contribution in [0.5, 0.6) is 0 Å². The second kappa shape index (κ2) is 10.7. The van der Waals surface area contributed by atoms with E-state index in [1.165, 1.54) is 0 Å². The Morgan fingerprint density at radius 3 is 1.52 bits per heavy atom. The van der Waals surface area contributed by atoms with Crippen molar-refractivity contribution in [2.75, 3.05) is 0 Å². The molecule has 2 aromatic rings. The highest BCUT2D eigenvalue weighted by molar-refractivity contribution is 14.1. The lowest BCUT2D eigenvalue weighted by atomic mass is 10.1. The molecule has 0 saturated carbocycles. The van der Waals surface area contributed by atoms with Crippen molar-refractivity contribution in [3.8, 4) is 35.1 Å². The SMILES string of the molecule is CC(C)[Si](C#Cc1ccccc1C#CC#Cc1ccccc1I)(C(C)C)C(C)C. The molecule has 0 radical (unpaired) electrons. The highest BCUT2D eigenvalue weighted by Crippen LogP contribution is 2.40. The molecule has 2 heteroatoms. The molecule has 0 atom stereocenters. The van der Waals surface area contributed by atoms with Crippen molar-refractivity contribution in [1.82, 2.24) is 0 Å². The van der Waals surface area contributed by atoms with Gasteiger partial charge in [-0.05, 0) is 75.3 Å². The van der Waals surface area contributed by atoms with Crippen LogP contribution in [0.15, 0.2) is 48.5 Å². The van der Waals surface area contributed by atoms with Crippen LogP contribution < -0.4 is 0 Å². The zero-order chi connectivity index (χ0) is 21.4. The van der Waals surface area contributed by atoms with Gasteiger partial charge in [-0.25, -0.2) is 0 Å². The molecule has 0 aliphatic carbocycles. The zero-order valence-electron chi connectivity index (χ0n) is 18.2. The molecule has 0 nitrogen and oxygen atoms in total. The van der Waals surface area contributed by atoms with Crippen LogP contribution in [0.3, 0.4) is 0 Å². The molecular weight excluding hydrogens is 479 g/mol. The summed E-state index contributed by atoms with van der Waals surface area (Å²) in [6.07, 6.45) is 0. The normalized spacial score (nSPS) is 10.7. The minimum Gasteiger partial charge on any atom is -0.125 e. The first-order valence-electron chi connectivity index (χ1n) is 10.2. The van der Waals surface area contributed by atoms with Gasteiger partial charge in [-0.2, -0.15) is 0 Å². The van der Waals surface area contributed by atoms with Gasteiger partial charge >= 0.3 is 0 Å². The summed E-state index contributed by atoms with van der Waals surface area (Å²) in [5, 5.41) is 0. The molecule has 0 aliphatic heterocycles. The molecule has 0 amide bonds. The van der Waals surface area contributed by atoms with Gasteiger partial charge in [0, 0.05) is 20.3 Å². The van der Waals surface area contributed by atoms with Crippen LogP contribution in [-0.4, -0.2) is 8.07 Å². The summed E-state index contributed by atoms with van der Waals surface area (Å²) in [7, 11) is -1.76. The van der Waals surface area contributed by atoms with E-state index in [2.05, 4.69) is 111 Å². The predicted octanol–water partition coefficient (Wildman–Crippen LogP) is 7.26. The van der Waals surface area contributed by atoms with Gasteiger partial charge < -0.3 is 0 Å². The summed E-state index contributed by atoms with van der Waals surface area (Å²) in [5.41, 5.74) is 8.63. The smallest absolute Gasteiger partial charge is 0.125 e. The lowest BCUT2D eigenvalue weighted by Gasteiger charge is -2.38. The summed E-state index contributed by atoms with van der Waals surface area (Å²) in [5.74, 6) is 15.9. The van der Waals surface area contributed by atoms with Gasteiger partial charge in [0.15, 0.2) is 0 Å². The molecule has 0 spiro atoms. The quantitative estimate of drug-likeness (QED) is 0.233. The molecule has 0 fully saturated rings. The van der Waals surface area contributed by atoms with Gasteiger partial charge in [0.1, 0.15) is 8.07 Å². The summed E-state index contributed by atoms with van der Waals surface area (Å²) >= 11 is 2.30. The Balaban J connectivity index is 2.40. The molecule has 2 aromatic carbocycles. The molecule has 0 heterocycles. The van der Waals surface area contributed by atoms with E-state index in [9.17, 15) is 0 Å². The van der Waals surface area contributed by atoms with E-state index in [1.807, 2.05) is 36.4 Å². The first-order chi connectivity index (χ1) is 13.8. The molecule has 0 aromatic heterocycles. The van der Waals surface area contributed by atoms with Crippen molar-refractivity contribution in [2.24, 2.45) is 0 Å². The average molecular weight is 509 g/mol. The third-order valence-electron chi connectivity index (χ3n) is 5.54. The van der Waals surface area contributed by atoms with Crippen molar-refractivity contribution in [2.45, 2.75) is 58.2 Å². The highest BCUT2D eigenvalue weighted by Gasteiger charge is 2.41. The van der Waals surface area contributed by atoms with Crippen LogP contribution in [0.1, 0.15) is 58.2 Å². The van der Waals surface area contributed by atoms with Gasteiger partial charge in [0.25, 0.3) is 0 Å². The molecule has 0 aliphatic rings. The highest BCUT2D eigenvalue weighted by atomic mass is 127. The van der Waals surface area contributed by atoms with E-state index in [0.717, 1.165) is 20.3 Å². The Labute approximate surface area is 192 Å². The second-order valence-electron chi connectivity index (χ2n) is 8.17. The number of hydrogen-bond donors (Lipinski definition) is 0. The van der Waals surface area contributed by atoms with Crippen LogP contribution in [0.25, 0.3) is 0 Å². The molecule has 2 rings (SSSR count). The van der Waals surface area contributed by atoms with Crippen LogP contribution in [0.4, 0.5) is 0 Å². The summed E-state index contributed by atoms with van der Waals surface area (Å²) in [6, 6.07) is 16.2. The largest absolute Gasteiger partial charge is 0.146 e. The fraction of sp³-hybridized carbons (Fsp3) is 0.333. The van der Waals surface area contributed by atoms with Crippen molar-refractivity contribution >= 4 is 30.7 Å². The van der Waals surface area contributed by atoms with Gasteiger partial charge in [-0.3, -0.25) is 0 Å². The second-order valence-corrected chi connectivity index (χ2v) is 14.9. The Morgan fingerprint density at radius 1 is 0.621 bits per heavy atom. The third-order valence-corrected chi connectivity index (χ3v) is 12.8. The fourth-order valence-electron chi connectivity index (χ4n) is 4.07.